The molecule has 0 bridgehead atoms. The molecule has 0 aliphatic carbocycles. The van der Waals surface area contributed by atoms with E-state index in [9.17, 15) is 4.79 Å². The number of aromatic nitrogens is 2. The molecule has 3 aromatic rings. The Hall–Kier alpha value is -3.45. The zero-order chi connectivity index (χ0) is 21.6. The minimum atomic E-state index is -0.245. The van der Waals surface area contributed by atoms with Gasteiger partial charge in [-0.3, -0.25) is 15.2 Å². The number of amides is 1. The van der Waals surface area contributed by atoms with Gasteiger partial charge in [0, 0.05) is 24.2 Å². The smallest absolute Gasteiger partial charge is 0.285 e. The van der Waals surface area contributed by atoms with E-state index < -0.39 is 0 Å². The number of hydrogen-bond acceptors (Lipinski definition) is 6. The molecular formula is C24H26N4O3. The first kappa shape index (κ1) is 20.8. The number of benzene rings is 2. The lowest BCUT2D eigenvalue weighted by atomic mass is 10.0. The van der Waals surface area contributed by atoms with Gasteiger partial charge in [-0.15, -0.1) is 0 Å². The summed E-state index contributed by atoms with van der Waals surface area (Å²) in [7, 11) is 3.26. The van der Waals surface area contributed by atoms with E-state index >= 15 is 0 Å². The van der Waals surface area contributed by atoms with Crippen molar-refractivity contribution in [2.75, 3.05) is 27.3 Å². The maximum atomic E-state index is 12.8. The molecule has 1 aliphatic rings. The van der Waals surface area contributed by atoms with Crippen LogP contribution in [0.15, 0.2) is 54.7 Å². The third-order valence-electron chi connectivity index (χ3n) is 5.35. The van der Waals surface area contributed by atoms with Gasteiger partial charge in [0.15, 0.2) is 0 Å². The van der Waals surface area contributed by atoms with Crippen molar-refractivity contribution in [3.63, 3.8) is 0 Å². The van der Waals surface area contributed by atoms with Gasteiger partial charge in [-0.25, -0.2) is 9.99 Å². The van der Waals surface area contributed by atoms with Crippen LogP contribution in [0.5, 0.6) is 11.5 Å². The maximum Gasteiger partial charge on any atom is 0.285 e. The molecule has 1 aliphatic heterocycles. The van der Waals surface area contributed by atoms with E-state index in [1.54, 1.807) is 14.2 Å². The maximum absolute atomic E-state index is 12.8. The number of carbonyl (C=O) groups is 1. The predicted molar refractivity (Wildman–Crippen MR) is 119 cm³/mol. The first-order valence-electron chi connectivity index (χ1n) is 10.4. The van der Waals surface area contributed by atoms with Crippen molar-refractivity contribution in [2.45, 2.75) is 19.3 Å². The molecule has 2 heterocycles. The molecule has 0 saturated carbocycles. The van der Waals surface area contributed by atoms with E-state index in [1.807, 2.05) is 53.5 Å². The van der Waals surface area contributed by atoms with E-state index in [4.69, 9.17) is 14.5 Å². The summed E-state index contributed by atoms with van der Waals surface area (Å²) in [5, 5.41) is 1.96. The van der Waals surface area contributed by atoms with Gasteiger partial charge in [-0.2, -0.15) is 0 Å². The summed E-state index contributed by atoms with van der Waals surface area (Å²) in [6.07, 6.45) is 4.90. The Balaban J connectivity index is 1.70. The molecule has 7 nitrogen and oxygen atoms in total. The van der Waals surface area contributed by atoms with Gasteiger partial charge < -0.3 is 9.47 Å². The van der Waals surface area contributed by atoms with Crippen LogP contribution in [0.25, 0.3) is 22.5 Å². The summed E-state index contributed by atoms with van der Waals surface area (Å²) < 4.78 is 10.5. The molecule has 1 aromatic heterocycles. The molecule has 7 heteroatoms. The van der Waals surface area contributed by atoms with Gasteiger partial charge in [0.05, 0.1) is 31.8 Å². The Bertz CT molecular complexity index is 1030. The Morgan fingerprint density at radius 1 is 0.839 bits per heavy atom. The average molecular weight is 418 g/mol. The summed E-state index contributed by atoms with van der Waals surface area (Å²) in [4.78, 5) is 22.2. The van der Waals surface area contributed by atoms with Crippen molar-refractivity contribution in [3.8, 4) is 34.0 Å². The van der Waals surface area contributed by atoms with Crippen LogP contribution in [0.1, 0.15) is 29.8 Å². The second-order valence-electron chi connectivity index (χ2n) is 7.40. The van der Waals surface area contributed by atoms with Crippen molar-refractivity contribution in [3.05, 3.63) is 60.4 Å². The molecule has 1 fully saturated rings. The lowest BCUT2D eigenvalue weighted by molar-refractivity contribution is 0.0744. The second kappa shape index (κ2) is 9.57. The number of ether oxygens (including phenoxy) is 2. The van der Waals surface area contributed by atoms with E-state index in [2.05, 4.69) is 10.4 Å². The molecule has 0 unspecified atom stereocenters. The van der Waals surface area contributed by atoms with Gasteiger partial charge in [0.1, 0.15) is 17.2 Å². The quantitative estimate of drug-likeness (QED) is 0.653. The standard InChI is InChI=1S/C24H26N4O3/c1-30-19-10-6-17(7-11-19)22-23(18-8-12-20(31-2)13-9-18)26-21(16-25-22)24(29)27-28-14-4-3-5-15-28/h6-13,16H,3-5,14-15H2,1-2H3,(H,27,29). The molecule has 0 radical (unpaired) electrons. The Morgan fingerprint density at radius 3 is 1.94 bits per heavy atom. The van der Waals surface area contributed by atoms with Gasteiger partial charge >= 0.3 is 0 Å². The van der Waals surface area contributed by atoms with Gasteiger partial charge in [0.2, 0.25) is 0 Å². The van der Waals surface area contributed by atoms with Crippen LogP contribution >= 0.6 is 0 Å². The third kappa shape index (κ3) is 4.83. The number of piperidine rings is 1. The molecule has 4 rings (SSSR count). The zero-order valence-electron chi connectivity index (χ0n) is 17.8. The van der Waals surface area contributed by atoms with E-state index in [1.165, 1.54) is 12.6 Å². The third-order valence-corrected chi connectivity index (χ3v) is 5.35. The number of nitrogens with zero attached hydrogens (tertiary/aromatic N) is 3. The number of nitrogens with one attached hydrogen (secondary N) is 1. The summed E-state index contributed by atoms with van der Waals surface area (Å²) in [5.41, 5.74) is 6.33. The first-order valence-corrected chi connectivity index (χ1v) is 10.4. The van der Waals surface area contributed by atoms with Crippen LogP contribution in [-0.4, -0.2) is 48.2 Å². The Kier molecular flexibility index (Phi) is 6.43. The highest BCUT2D eigenvalue weighted by molar-refractivity contribution is 5.93. The lowest BCUT2D eigenvalue weighted by Crippen LogP contribution is -2.45. The molecule has 2 aromatic carbocycles. The van der Waals surface area contributed by atoms with Gasteiger partial charge in [-0.1, -0.05) is 6.42 Å². The fraction of sp³-hybridized carbons (Fsp3) is 0.292. The molecule has 31 heavy (non-hydrogen) atoms. The van der Waals surface area contributed by atoms with E-state index in [0.29, 0.717) is 11.4 Å². The van der Waals surface area contributed by atoms with Crippen LogP contribution in [0.4, 0.5) is 0 Å². The molecule has 1 saturated heterocycles. The Labute approximate surface area is 182 Å². The van der Waals surface area contributed by atoms with Crippen LogP contribution in [-0.2, 0) is 0 Å². The summed E-state index contributed by atoms with van der Waals surface area (Å²) in [6, 6.07) is 15.2. The fourth-order valence-corrected chi connectivity index (χ4v) is 3.62. The van der Waals surface area contributed by atoms with Crippen molar-refractivity contribution in [2.24, 2.45) is 0 Å². The minimum absolute atomic E-state index is 0.245. The topological polar surface area (TPSA) is 76.6 Å². The van der Waals surface area contributed by atoms with Crippen LogP contribution in [0.2, 0.25) is 0 Å². The van der Waals surface area contributed by atoms with E-state index in [-0.39, 0.29) is 11.6 Å². The zero-order valence-corrected chi connectivity index (χ0v) is 17.8. The summed E-state index contributed by atoms with van der Waals surface area (Å²) >= 11 is 0. The van der Waals surface area contributed by atoms with Crippen molar-refractivity contribution in [1.82, 2.24) is 20.4 Å². The lowest BCUT2D eigenvalue weighted by Gasteiger charge is -2.26. The Morgan fingerprint density at radius 2 is 1.39 bits per heavy atom. The first-order chi connectivity index (χ1) is 15.2. The molecule has 160 valence electrons. The molecule has 0 atom stereocenters. The predicted octanol–water partition coefficient (Wildman–Crippen LogP) is 3.96. The van der Waals surface area contributed by atoms with Crippen LogP contribution in [0.3, 0.4) is 0 Å². The van der Waals surface area contributed by atoms with Crippen molar-refractivity contribution < 1.29 is 14.3 Å². The van der Waals surface area contributed by atoms with Crippen LogP contribution < -0.4 is 14.9 Å². The van der Waals surface area contributed by atoms with Crippen LogP contribution in [0, 0.1) is 0 Å². The second-order valence-corrected chi connectivity index (χ2v) is 7.40. The summed E-state index contributed by atoms with van der Waals surface area (Å²) in [6.45, 7) is 1.71. The largest absolute Gasteiger partial charge is 0.497 e. The number of carbonyl (C=O) groups excluding carboxylic acids is 1. The monoisotopic (exact) mass is 418 g/mol. The molecule has 1 N–H and O–H groups in total. The molecule has 1 amide bonds. The number of methoxy groups -OCH3 is 2. The van der Waals surface area contributed by atoms with E-state index in [0.717, 1.165) is 48.6 Å². The minimum Gasteiger partial charge on any atom is -0.497 e. The highest BCUT2D eigenvalue weighted by Gasteiger charge is 2.19. The van der Waals surface area contributed by atoms with Gasteiger partial charge in [0.25, 0.3) is 5.91 Å². The summed E-state index contributed by atoms with van der Waals surface area (Å²) in [5.74, 6) is 1.27. The number of hydrogen-bond donors (Lipinski definition) is 1. The molecule has 0 spiro atoms. The van der Waals surface area contributed by atoms with Gasteiger partial charge in [-0.05, 0) is 61.4 Å². The number of rotatable bonds is 6. The number of hydrazine groups is 1. The molecular weight excluding hydrogens is 392 g/mol. The SMILES string of the molecule is COc1ccc(-c2ncc(C(=O)NN3CCCCC3)nc2-c2ccc(OC)cc2)cc1. The van der Waals surface area contributed by atoms with Crippen molar-refractivity contribution in [1.29, 1.82) is 0 Å². The average Bonchev–Trinajstić information content (AvgIpc) is 2.84. The highest BCUT2D eigenvalue weighted by atomic mass is 16.5. The highest BCUT2D eigenvalue weighted by Crippen LogP contribution is 2.31. The van der Waals surface area contributed by atoms with Crippen molar-refractivity contribution >= 4 is 5.91 Å². The fourth-order valence-electron chi connectivity index (χ4n) is 3.62. The normalized spacial score (nSPS) is 14.1.